The lowest BCUT2D eigenvalue weighted by Crippen LogP contribution is -2.26. The Morgan fingerprint density at radius 2 is 2.29 bits per heavy atom. The van der Waals surface area contributed by atoms with Gasteiger partial charge in [0.15, 0.2) is 0 Å². The number of nitrogens with zero attached hydrogens (tertiary/aromatic N) is 1. The van der Waals surface area contributed by atoms with Gasteiger partial charge >= 0.3 is 0 Å². The van der Waals surface area contributed by atoms with E-state index in [9.17, 15) is 4.79 Å². The molecule has 0 unspecified atom stereocenters. The fourth-order valence-electron chi connectivity index (χ4n) is 1.67. The SMILES string of the molecule is CC(=O)N[C@H](CCO)c1nc2ccccc2s1. The predicted octanol–water partition coefficient (Wildman–Crippen LogP) is 1.86. The van der Waals surface area contributed by atoms with Gasteiger partial charge in [0.05, 0.1) is 16.3 Å². The van der Waals surface area contributed by atoms with Crippen LogP contribution >= 0.6 is 11.3 Å². The standard InChI is InChI=1S/C12H14N2O2S/c1-8(16)13-10(6-7-15)12-14-9-4-2-3-5-11(9)17-12/h2-5,10,15H,6-7H2,1H3,(H,13,16)/t10-/m1/s1. The summed E-state index contributed by atoms with van der Waals surface area (Å²) in [5.41, 5.74) is 0.931. The van der Waals surface area contributed by atoms with E-state index in [0.29, 0.717) is 6.42 Å². The molecule has 0 saturated carbocycles. The minimum absolute atomic E-state index is 0.0286. The monoisotopic (exact) mass is 250 g/mol. The molecule has 2 N–H and O–H groups in total. The molecule has 5 heteroatoms. The summed E-state index contributed by atoms with van der Waals surface area (Å²) in [6, 6.07) is 7.64. The quantitative estimate of drug-likeness (QED) is 0.870. The first-order chi connectivity index (χ1) is 8.20. The van der Waals surface area contributed by atoms with Crippen LogP contribution in [0.3, 0.4) is 0 Å². The van der Waals surface area contributed by atoms with E-state index < -0.39 is 0 Å². The van der Waals surface area contributed by atoms with Gasteiger partial charge in [0.2, 0.25) is 5.91 Å². The molecule has 90 valence electrons. The van der Waals surface area contributed by atoms with E-state index in [1.807, 2.05) is 24.3 Å². The molecule has 1 aromatic carbocycles. The number of hydrogen-bond donors (Lipinski definition) is 2. The molecule has 1 amide bonds. The molecular formula is C12H14N2O2S. The smallest absolute Gasteiger partial charge is 0.217 e. The van der Waals surface area contributed by atoms with Gasteiger partial charge in [-0.05, 0) is 18.6 Å². The Morgan fingerprint density at radius 1 is 1.53 bits per heavy atom. The predicted molar refractivity (Wildman–Crippen MR) is 67.9 cm³/mol. The third kappa shape index (κ3) is 2.81. The number of para-hydroxylation sites is 1. The molecule has 1 heterocycles. The van der Waals surface area contributed by atoms with Crippen LogP contribution in [0.25, 0.3) is 10.2 Å². The van der Waals surface area contributed by atoms with Gasteiger partial charge in [0, 0.05) is 13.5 Å². The first kappa shape index (κ1) is 12.0. The van der Waals surface area contributed by atoms with Crippen LogP contribution in [0.4, 0.5) is 0 Å². The molecule has 1 atom stereocenters. The number of benzene rings is 1. The van der Waals surface area contributed by atoms with E-state index >= 15 is 0 Å². The van der Waals surface area contributed by atoms with E-state index in [2.05, 4.69) is 10.3 Å². The van der Waals surface area contributed by atoms with Crippen LogP contribution in [0.2, 0.25) is 0 Å². The molecule has 2 aromatic rings. The molecule has 0 spiro atoms. The van der Waals surface area contributed by atoms with Gasteiger partial charge in [-0.15, -0.1) is 11.3 Å². The minimum Gasteiger partial charge on any atom is -0.396 e. The van der Waals surface area contributed by atoms with Gasteiger partial charge in [-0.2, -0.15) is 0 Å². The van der Waals surface area contributed by atoms with Crippen molar-refractivity contribution in [2.24, 2.45) is 0 Å². The number of hydrogen-bond acceptors (Lipinski definition) is 4. The van der Waals surface area contributed by atoms with Crippen LogP contribution in [-0.4, -0.2) is 22.6 Å². The first-order valence-corrected chi connectivity index (χ1v) is 6.26. The molecule has 0 fully saturated rings. The highest BCUT2D eigenvalue weighted by molar-refractivity contribution is 7.18. The zero-order chi connectivity index (χ0) is 12.3. The molecule has 0 aliphatic rings. The van der Waals surface area contributed by atoms with E-state index in [4.69, 9.17) is 5.11 Å². The van der Waals surface area contributed by atoms with Crippen molar-refractivity contribution in [3.8, 4) is 0 Å². The normalized spacial score (nSPS) is 12.6. The molecule has 0 aliphatic heterocycles. The van der Waals surface area contributed by atoms with Gasteiger partial charge in [-0.25, -0.2) is 4.98 Å². The van der Waals surface area contributed by atoms with E-state index in [1.165, 1.54) is 6.92 Å². The fourth-order valence-corrected chi connectivity index (χ4v) is 2.72. The van der Waals surface area contributed by atoms with E-state index in [-0.39, 0.29) is 18.6 Å². The molecule has 0 bridgehead atoms. The summed E-state index contributed by atoms with van der Waals surface area (Å²) in [6.07, 6.45) is 0.486. The maximum atomic E-state index is 11.1. The summed E-state index contributed by atoms with van der Waals surface area (Å²) in [7, 11) is 0. The number of aromatic nitrogens is 1. The van der Waals surface area contributed by atoms with Crippen molar-refractivity contribution in [2.75, 3.05) is 6.61 Å². The van der Waals surface area contributed by atoms with Crippen molar-refractivity contribution in [1.82, 2.24) is 10.3 Å². The van der Waals surface area contributed by atoms with Crippen molar-refractivity contribution in [3.63, 3.8) is 0 Å². The lowest BCUT2D eigenvalue weighted by molar-refractivity contribution is -0.119. The zero-order valence-corrected chi connectivity index (χ0v) is 10.3. The van der Waals surface area contributed by atoms with Gasteiger partial charge in [-0.3, -0.25) is 4.79 Å². The van der Waals surface area contributed by atoms with Crippen LogP contribution < -0.4 is 5.32 Å². The van der Waals surface area contributed by atoms with Gasteiger partial charge < -0.3 is 10.4 Å². The van der Waals surface area contributed by atoms with Crippen LogP contribution in [0, 0.1) is 0 Å². The highest BCUT2D eigenvalue weighted by Gasteiger charge is 2.16. The third-order valence-electron chi connectivity index (χ3n) is 2.40. The summed E-state index contributed by atoms with van der Waals surface area (Å²) in [6.45, 7) is 1.50. The Balaban J connectivity index is 2.31. The van der Waals surface area contributed by atoms with Crippen molar-refractivity contribution < 1.29 is 9.90 Å². The van der Waals surface area contributed by atoms with Crippen molar-refractivity contribution in [3.05, 3.63) is 29.3 Å². The molecule has 17 heavy (non-hydrogen) atoms. The maximum Gasteiger partial charge on any atom is 0.217 e. The molecular weight excluding hydrogens is 236 g/mol. The highest BCUT2D eigenvalue weighted by atomic mass is 32.1. The largest absolute Gasteiger partial charge is 0.396 e. The van der Waals surface area contributed by atoms with Crippen LogP contribution in [0.1, 0.15) is 24.4 Å². The lowest BCUT2D eigenvalue weighted by atomic mass is 10.2. The average molecular weight is 250 g/mol. The number of thiazole rings is 1. The minimum atomic E-state index is -0.199. The van der Waals surface area contributed by atoms with E-state index in [0.717, 1.165) is 15.2 Å². The Labute approximate surface area is 103 Å². The number of nitrogens with one attached hydrogen (secondary N) is 1. The third-order valence-corrected chi connectivity index (χ3v) is 3.55. The Hall–Kier alpha value is -1.46. The Bertz CT molecular complexity index is 491. The zero-order valence-electron chi connectivity index (χ0n) is 9.51. The number of rotatable bonds is 4. The lowest BCUT2D eigenvalue weighted by Gasteiger charge is -2.13. The van der Waals surface area contributed by atoms with E-state index in [1.54, 1.807) is 11.3 Å². The van der Waals surface area contributed by atoms with Gasteiger partial charge in [0.1, 0.15) is 5.01 Å². The average Bonchev–Trinajstić information content (AvgIpc) is 2.71. The van der Waals surface area contributed by atoms with Crippen LogP contribution in [-0.2, 0) is 4.79 Å². The number of carbonyl (C=O) groups excluding carboxylic acids is 1. The molecule has 4 nitrogen and oxygen atoms in total. The molecule has 0 saturated heterocycles. The summed E-state index contributed by atoms with van der Waals surface area (Å²) in [4.78, 5) is 15.6. The second kappa shape index (κ2) is 5.25. The van der Waals surface area contributed by atoms with Crippen molar-refractivity contribution in [1.29, 1.82) is 0 Å². The van der Waals surface area contributed by atoms with Crippen molar-refractivity contribution >= 4 is 27.5 Å². The van der Waals surface area contributed by atoms with Gasteiger partial charge in [0.25, 0.3) is 0 Å². The summed E-state index contributed by atoms with van der Waals surface area (Å²) in [5, 5.41) is 12.7. The Morgan fingerprint density at radius 3 is 2.94 bits per heavy atom. The molecule has 1 aromatic heterocycles. The van der Waals surface area contributed by atoms with Crippen LogP contribution in [0.5, 0.6) is 0 Å². The number of fused-ring (bicyclic) bond motifs is 1. The number of aliphatic hydroxyl groups excluding tert-OH is 1. The first-order valence-electron chi connectivity index (χ1n) is 5.44. The summed E-state index contributed by atoms with van der Waals surface area (Å²) >= 11 is 1.55. The summed E-state index contributed by atoms with van der Waals surface area (Å²) in [5.74, 6) is -0.109. The fraction of sp³-hybridized carbons (Fsp3) is 0.333. The second-order valence-electron chi connectivity index (χ2n) is 3.79. The number of aliphatic hydroxyl groups is 1. The Kier molecular flexibility index (Phi) is 3.71. The van der Waals surface area contributed by atoms with Crippen molar-refractivity contribution in [2.45, 2.75) is 19.4 Å². The number of amides is 1. The molecule has 0 aliphatic carbocycles. The topological polar surface area (TPSA) is 62.2 Å². The highest BCUT2D eigenvalue weighted by Crippen LogP contribution is 2.27. The molecule has 2 rings (SSSR count). The number of carbonyl (C=O) groups is 1. The van der Waals surface area contributed by atoms with Gasteiger partial charge in [-0.1, -0.05) is 12.1 Å². The second-order valence-corrected chi connectivity index (χ2v) is 4.85. The van der Waals surface area contributed by atoms with Crippen LogP contribution in [0.15, 0.2) is 24.3 Å². The molecule has 0 radical (unpaired) electrons. The summed E-state index contributed by atoms with van der Waals surface area (Å²) < 4.78 is 1.09. The maximum absolute atomic E-state index is 11.1.